The van der Waals surface area contributed by atoms with Crippen LogP contribution in [-0.2, 0) is 7.05 Å². The molecule has 1 atom stereocenters. The Morgan fingerprint density at radius 1 is 1.17 bits per heavy atom. The van der Waals surface area contributed by atoms with Crippen LogP contribution in [0.4, 0.5) is 8.78 Å². The number of hydrogen-bond donors (Lipinski definition) is 2. The molecule has 6 nitrogen and oxygen atoms in total. The van der Waals surface area contributed by atoms with Crippen molar-refractivity contribution in [2.75, 3.05) is 6.61 Å². The van der Waals surface area contributed by atoms with Crippen LogP contribution in [0.25, 0.3) is 27.6 Å². The van der Waals surface area contributed by atoms with Crippen molar-refractivity contribution >= 4 is 27.8 Å². The lowest BCUT2D eigenvalue weighted by atomic mass is 10.1. The third kappa shape index (κ3) is 3.36. The van der Waals surface area contributed by atoms with Crippen LogP contribution in [0.3, 0.4) is 0 Å². The summed E-state index contributed by atoms with van der Waals surface area (Å²) in [6.45, 7) is 1.57. The normalized spacial score (nSPS) is 12.8. The molecule has 8 heteroatoms. The largest absolute Gasteiger partial charge is 0.394 e. The van der Waals surface area contributed by atoms with Gasteiger partial charge in [-0.25, -0.2) is 8.78 Å². The standard InChI is InChI=1S/C21H20F2N4O2/c1-12(11-28)24-21(29)14-5-8-18-16(9-14)17-10-26(2)25-20(17)27(18)15-6-3-13(4-7-15)19(22)23/h3-10,12,19,28H,11H2,1-2H3,(H,24,29)/t12-/m1/s1. The highest BCUT2D eigenvalue weighted by Gasteiger charge is 2.18. The number of fused-ring (bicyclic) bond motifs is 3. The van der Waals surface area contributed by atoms with Crippen LogP contribution in [0.5, 0.6) is 0 Å². The second-order valence-corrected chi connectivity index (χ2v) is 7.06. The van der Waals surface area contributed by atoms with Gasteiger partial charge in [0, 0.05) is 46.9 Å². The van der Waals surface area contributed by atoms with E-state index in [9.17, 15) is 13.6 Å². The lowest BCUT2D eigenvalue weighted by Crippen LogP contribution is -2.34. The summed E-state index contributed by atoms with van der Waals surface area (Å²) in [5.41, 5.74) is 2.63. The molecule has 0 bridgehead atoms. The van der Waals surface area contributed by atoms with Gasteiger partial charge in [0.05, 0.1) is 12.1 Å². The maximum Gasteiger partial charge on any atom is 0.263 e. The Bertz CT molecular complexity index is 1200. The molecule has 0 aliphatic rings. The molecular weight excluding hydrogens is 378 g/mol. The minimum absolute atomic E-state index is 0.0422. The van der Waals surface area contributed by atoms with Crippen LogP contribution < -0.4 is 5.32 Å². The van der Waals surface area contributed by atoms with Crippen molar-refractivity contribution in [2.45, 2.75) is 19.4 Å². The minimum Gasteiger partial charge on any atom is -0.394 e. The minimum atomic E-state index is -2.53. The molecule has 0 fully saturated rings. The number of aromatic nitrogens is 3. The number of carbonyl (C=O) groups excluding carboxylic acids is 1. The zero-order valence-corrected chi connectivity index (χ0v) is 15.9. The van der Waals surface area contributed by atoms with E-state index in [0.29, 0.717) is 16.9 Å². The quantitative estimate of drug-likeness (QED) is 0.540. The number of nitrogens with zero attached hydrogens (tertiary/aromatic N) is 3. The molecule has 2 heterocycles. The summed E-state index contributed by atoms with van der Waals surface area (Å²) >= 11 is 0. The van der Waals surface area contributed by atoms with E-state index in [2.05, 4.69) is 10.4 Å². The first-order valence-corrected chi connectivity index (χ1v) is 9.17. The van der Waals surface area contributed by atoms with Gasteiger partial charge in [0.1, 0.15) is 0 Å². The third-order valence-electron chi connectivity index (χ3n) is 4.87. The van der Waals surface area contributed by atoms with Gasteiger partial charge >= 0.3 is 0 Å². The van der Waals surface area contributed by atoms with E-state index in [4.69, 9.17) is 5.11 Å². The highest BCUT2D eigenvalue weighted by atomic mass is 19.3. The summed E-state index contributed by atoms with van der Waals surface area (Å²) in [4.78, 5) is 12.5. The number of aryl methyl sites for hydroxylation is 1. The average molecular weight is 398 g/mol. The number of amides is 1. The number of hydrogen-bond acceptors (Lipinski definition) is 3. The van der Waals surface area contributed by atoms with Crippen LogP contribution >= 0.6 is 0 Å². The lowest BCUT2D eigenvalue weighted by molar-refractivity contribution is 0.0922. The Morgan fingerprint density at radius 3 is 2.55 bits per heavy atom. The van der Waals surface area contributed by atoms with E-state index in [1.807, 2.05) is 16.8 Å². The van der Waals surface area contributed by atoms with Crippen molar-refractivity contribution < 1.29 is 18.7 Å². The van der Waals surface area contributed by atoms with E-state index in [0.717, 1.165) is 16.3 Å². The van der Waals surface area contributed by atoms with Gasteiger partial charge in [0.15, 0.2) is 5.65 Å². The molecule has 4 rings (SSSR count). The molecule has 2 N–H and O–H groups in total. The van der Waals surface area contributed by atoms with Crippen molar-refractivity contribution in [1.82, 2.24) is 19.7 Å². The van der Waals surface area contributed by atoms with Crippen LogP contribution in [0.2, 0.25) is 0 Å². The first-order chi connectivity index (χ1) is 13.9. The zero-order chi connectivity index (χ0) is 20.7. The maximum atomic E-state index is 12.9. The molecule has 0 saturated carbocycles. The van der Waals surface area contributed by atoms with Gasteiger partial charge in [0.25, 0.3) is 12.3 Å². The van der Waals surface area contributed by atoms with E-state index in [1.54, 1.807) is 42.9 Å². The highest BCUT2D eigenvalue weighted by Crippen LogP contribution is 2.32. The fourth-order valence-electron chi connectivity index (χ4n) is 3.42. The van der Waals surface area contributed by atoms with Gasteiger partial charge in [-0.05, 0) is 37.3 Å². The van der Waals surface area contributed by atoms with Crippen molar-refractivity contribution in [1.29, 1.82) is 0 Å². The molecule has 2 aromatic carbocycles. The molecule has 29 heavy (non-hydrogen) atoms. The maximum absolute atomic E-state index is 12.9. The Labute approximate surface area is 165 Å². The first-order valence-electron chi connectivity index (χ1n) is 9.17. The number of nitrogens with one attached hydrogen (secondary N) is 1. The Morgan fingerprint density at radius 2 is 1.90 bits per heavy atom. The first kappa shape index (κ1) is 19.1. The van der Waals surface area contributed by atoms with Gasteiger partial charge in [-0.2, -0.15) is 5.10 Å². The summed E-state index contributed by atoms with van der Waals surface area (Å²) < 4.78 is 29.4. The summed E-state index contributed by atoms with van der Waals surface area (Å²) in [7, 11) is 1.80. The van der Waals surface area contributed by atoms with Crippen molar-refractivity contribution in [2.24, 2.45) is 7.05 Å². The fourth-order valence-corrected chi connectivity index (χ4v) is 3.42. The Hall–Kier alpha value is -3.26. The summed E-state index contributed by atoms with van der Waals surface area (Å²) in [6, 6.07) is 11.0. The molecule has 0 aliphatic carbocycles. The van der Waals surface area contributed by atoms with Gasteiger partial charge < -0.3 is 10.4 Å². The van der Waals surface area contributed by atoms with Crippen LogP contribution in [0.15, 0.2) is 48.7 Å². The SMILES string of the molecule is C[C@H](CO)NC(=O)c1ccc2c(c1)c1cn(C)nc1n2-c1ccc(C(F)F)cc1. The van der Waals surface area contributed by atoms with E-state index < -0.39 is 6.43 Å². The smallest absolute Gasteiger partial charge is 0.263 e. The van der Waals surface area contributed by atoms with E-state index in [-0.39, 0.29) is 24.1 Å². The van der Waals surface area contributed by atoms with Gasteiger partial charge in [-0.1, -0.05) is 12.1 Å². The molecular formula is C21H20F2N4O2. The molecule has 2 aromatic heterocycles. The third-order valence-corrected chi connectivity index (χ3v) is 4.87. The molecule has 0 spiro atoms. The second-order valence-electron chi connectivity index (χ2n) is 7.06. The number of rotatable bonds is 5. The number of alkyl halides is 2. The molecule has 0 unspecified atom stereocenters. The number of aliphatic hydroxyl groups excluding tert-OH is 1. The number of aliphatic hydroxyl groups is 1. The number of halogens is 2. The predicted octanol–water partition coefficient (Wildman–Crippen LogP) is 3.57. The summed E-state index contributed by atoms with van der Waals surface area (Å²) in [5.74, 6) is -0.278. The number of carbonyl (C=O) groups is 1. The zero-order valence-electron chi connectivity index (χ0n) is 15.9. The molecule has 0 radical (unpaired) electrons. The molecule has 0 saturated heterocycles. The van der Waals surface area contributed by atoms with Gasteiger partial charge in [-0.15, -0.1) is 0 Å². The van der Waals surface area contributed by atoms with Gasteiger partial charge in [0.2, 0.25) is 0 Å². The highest BCUT2D eigenvalue weighted by molar-refractivity contribution is 6.10. The Kier molecular flexibility index (Phi) is 4.79. The average Bonchev–Trinajstić information content (AvgIpc) is 3.22. The van der Waals surface area contributed by atoms with Gasteiger partial charge in [-0.3, -0.25) is 14.0 Å². The molecule has 4 aromatic rings. The van der Waals surface area contributed by atoms with Crippen LogP contribution in [0, 0.1) is 0 Å². The monoisotopic (exact) mass is 398 g/mol. The van der Waals surface area contributed by atoms with Crippen molar-refractivity contribution in [3.8, 4) is 5.69 Å². The Balaban J connectivity index is 1.87. The molecule has 0 aliphatic heterocycles. The van der Waals surface area contributed by atoms with E-state index >= 15 is 0 Å². The topological polar surface area (TPSA) is 72.1 Å². The summed E-state index contributed by atoms with van der Waals surface area (Å²) in [6.07, 6.45) is -0.664. The predicted molar refractivity (Wildman–Crippen MR) is 107 cm³/mol. The molecule has 150 valence electrons. The number of benzene rings is 2. The van der Waals surface area contributed by atoms with Crippen LogP contribution in [-0.4, -0.2) is 38.0 Å². The van der Waals surface area contributed by atoms with E-state index in [1.165, 1.54) is 12.1 Å². The fraction of sp³-hybridized carbons (Fsp3) is 0.238. The van der Waals surface area contributed by atoms with Crippen molar-refractivity contribution in [3.05, 3.63) is 59.8 Å². The van der Waals surface area contributed by atoms with Crippen LogP contribution in [0.1, 0.15) is 29.3 Å². The van der Waals surface area contributed by atoms with Crippen molar-refractivity contribution in [3.63, 3.8) is 0 Å². The lowest BCUT2D eigenvalue weighted by Gasteiger charge is -2.11. The summed E-state index contributed by atoms with van der Waals surface area (Å²) in [5, 5.41) is 18.1. The second kappa shape index (κ2) is 7.29. The molecule has 1 amide bonds.